The van der Waals surface area contributed by atoms with Crippen LogP contribution in [-0.2, 0) is 11.2 Å². The van der Waals surface area contributed by atoms with E-state index in [9.17, 15) is 24.8 Å². The number of hydrogen-bond donors (Lipinski definition) is 1. The lowest BCUT2D eigenvalue weighted by atomic mass is 9.95. The number of esters is 1. The molecule has 0 bridgehead atoms. The number of nitro benzene ring substituents is 1. The predicted octanol–water partition coefficient (Wildman–Crippen LogP) is 7.16. The van der Waals surface area contributed by atoms with Crippen molar-refractivity contribution >= 4 is 17.6 Å². The lowest BCUT2D eigenvalue weighted by Gasteiger charge is -2.14. The average molecular weight is 450 g/mol. The third kappa shape index (κ3) is 9.79. The molecule has 0 saturated heterocycles. The van der Waals surface area contributed by atoms with Gasteiger partial charge in [0.2, 0.25) is 0 Å². The summed E-state index contributed by atoms with van der Waals surface area (Å²) in [6, 6.07) is 1.29. The topological polar surface area (TPSA) is 107 Å². The highest BCUT2D eigenvalue weighted by molar-refractivity contribution is 5.95. The molecule has 0 amide bonds. The Morgan fingerprint density at radius 3 is 1.81 bits per heavy atom. The Labute approximate surface area is 191 Å². The van der Waals surface area contributed by atoms with Crippen LogP contribution in [0.25, 0.3) is 0 Å². The summed E-state index contributed by atoms with van der Waals surface area (Å²) in [6.45, 7) is 4.92. The number of rotatable bonds is 17. The van der Waals surface area contributed by atoms with Gasteiger partial charge in [-0.2, -0.15) is 0 Å². The van der Waals surface area contributed by atoms with Crippen molar-refractivity contribution in [2.24, 2.45) is 0 Å². The van der Waals surface area contributed by atoms with Gasteiger partial charge in [0.25, 0.3) is 5.69 Å². The number of nitrogens with zero attached hydrogens (tertiary/aromatic N) is 1. The Morgan fingerprint density at radius 2 is 1.41 bits per heavy atom. The molecule has 0 aliphatic rings. The fraction of sp³-hybridized carbons (Fsp3) is 0.680. The number of carboxylic acids is 1. The highest BCUT2D eigenvalue weighted by atomic mass is 16.6. The van der Waals surface area contributed by atoms with E-state index in [0.29, 0.717) is 6.42 Å². The van der Waals surface area contributed by atoms with E-state index in [2.05, 4.69) is 6.92 Å². The predicted molar refractivity (Wildman–Crippen MR) is 126 cm³/mol. The number of carbonyl (C=O) groups is 2. The van der Waals surface area contributed by atoms with Crippen LogP contribution < -0.4 is 4.74 Å². The summed E-state index contributed by atoms with van der Waals surface area (Å²) >= 11 is 0. The first kappa shape index (κ1) is 27.6. The zero-order chi connectivity index (χ0) is 23.9. The Balaban J connectivity index is 2.54. The highest BCUT2D eigenvalue weighted by Gasteiger charge is 2.28. The third-order valence-corrected chi connectivity index (χ3v) is 5.74. The van der Waals surface area contributed by atoms with Gasteiger partial charge in [0, 0.05) is 18.6 Å². The lowest BCUT2D eigenvalue weighted by molar-refractivity contribution is -0.385. The number of aryl methyl sites for hydroxylation is 1. The second kappa shape index (κ2) is 15.4. The van der Waals surface area contributed by atoms with E-state index in [0.717, 1.165) is 19.3 Å². The van der Waals surface area contributed by atoms with Crippen LogP contribution in [0.4, 0.5) is 5.69 Å². The molecule has 0 aromatic heterocycles. The normalized spacial score (nSPS) is 10.8. The molecule has 1 aromatic rings. The minimum Gasteiger partial charge on any atom is -0.478 e. The fourth-order valence-electron chi connectivity index (χ4n) is 4.06. The van der Waals surface area contributed by atoms with E-state index in [4.69, 9.17) is 4.74 Å². The van der Waals surface area contributed by atoms with Crippen molar-refractivity contribution in [2.45, 2.75) is 111 Å². The first-order valence-corrected chi connectivity index (χ1v) is 12.0. The maximum Gasteiger partial charge on any atom is 0.340 e. The van der Waals surface area contributed by atoms with Gasteiger partial charge in [0.05, 0.1) is 4.92 Å². The van der Waals surface area contributed by atoms with Crippen LogP contribution >= 0.6 is 0 Å². The second-order valence-corrected chi connectivity index (χ2v) is 8.54. The standard InChI is InChI=1S/C25H39NO6/c1-4-5-6-7-8-9-10-11-12-13-14-15-16-17-21-22(26(30)31)18-19(2)24(32-20(3)27)23(21)25(28)29/h18H,4-17H2,1-3H3,(H,28,29). The van der Waals surface area contributed by atoms with Crippen LogP contribution in [0, 0.1) is 17.0 Å². The quantitative estimate of drug-likeness (QED) is 0.0888. The minimum atomic E-state index is -1.32. The minimum absolute atomic E-state index is 0.0969. The van der Waals surface area contributed by atoms with E-state index in [-0.39, 0.29) is 34.5 Å². The summed E-state index contributed by atoms with van der Waals surface area (Å²) in [5, 5.41) is 21.2. The molecule has 0 saturated carbocycles. The summed E-state index contributed by atoms with van der Waals surface area (Å²) in [5.41, 5.74) is -0.105. The van der Waals surface area contributed by atoms with Crippen molar-refractivity contribution in [3.05, 3.63) is 32.9 Å². The number of carboxylic acid groups (broad SMARTS) is 1. The number of carbonyl (C=O) groups excluding carboxylic acids is 1. The van der Waals surface area contributed by atoms with E-state index in [1.54, 1.807) is 0 Å². The molecule has 0 unspecified atom stereocenters. The van der Waals surface area contributed by atoms with Gasteiger partial charge in [-0.15, -0.1) is 0 Å². The van der Waals surface area contributed by atoms with Gasteiger partial charge in [-0.1, -0.05) is 84.0 Å². The molecular weight excluding hydrogens is 410 g/mol. The van der Waals surface area contributed by atoms with Crippen LogP contribution in [-0.4, -0.2) is 22.0 Å². The third-order valence-electron chi connectivity index (χ3n) is 5.74. The van der Waals surface area contributed by atoms with Crippen molar-refractivity contribution < 1.29 is 24.4 Å². The van der Waals surface area contributed by atoms with Gasteiger partial charge in [-0.05, 0) is 25.3 Å². The maximum absolute atomic E-state index is 11.9. The van der Waals surface area contributed by atoms with Crippen LogP contribution in [0.1, 0.15) is 119 Å². The molecule has 0 fully saturated rings. The molecule has 0 spiro atoms. The Kier molecular flexibility index (Phi) is 13.3. The van der Waals surface area contributed by atoms with Gasteiger partial charge in [-0.25, -0.2) is 4.79 Å². The van der Waals surface area contributed by atoms with Crippen LogP contribution in [0.3, 0.4) is 0 Å². The number of benzene rings is 1. The zero-order valence-corrected chi connectivity index (χ0v) is 19.9. The molecule has 0 radical (unpaired) electrons. The number of ether oxygens (including phenoxy) is 1. The van der Waals surface area contributed by atoms with Crippen molar-refractivity contribution in [2.75, 3.05) is 0 Å². The van der Waals surface area contributed by atoms with Gasteiger partial charge in [-0.3, -0.25) is 14.9 Å². The first-order chi connectivity index (χ1) is 15.3. The lowest BCUT2D eigenvalue weighted by Crippen LogP contribution is -2.13. The molecule has 1 N–H and O–H groups in total. The summed E-state index contributed by atoms with van der Waals surface area (Å²) in [5.74, 6) is -2.07. The van der Waals surface area contributed by atoms with Gasteiger partial charge < -0.3 is 9.84 Å². The second-order valence-electron chi connectivity index (χ2n) is 8.54. The molecule has 7 heteroatoms. The number of nitro groups is 1. The van der Waals surface area contributed by atoms with Crippen molar-refractivity contribution in [3.63, 3.8) is 0 Å². The van der Waals surface area contributed by atoms with Crippen molar-refractivity contribution in [1.82, 2.24) is 0 Å². The SMILES string of the molecule is CCCCCCCCCCCCCCCc1c([N+](=O)[O-])cc(C)c(OC(C)=O)c1C(=O)O. The molecule has 180 valence electrons. The number of unbranched alkanes of at least 4 members (excludes halogenated alkanes) is 12. The summed E-state index contributed by atoms with van der Waals surface area (Å²) < 4.78 is 5.09. The molecule has 0 heterocycles. The maximum atomic E-state index is 11.9. The summed E-state index contributed by atoms with van der Waals surface area (Å²) in [4.78, 5) is 34.2. The smallest absolute Gasteiger partial charge is 0.340 e. The fourth-order valence-corrected chi connectivity index (χ4v) is 4.06. The Morgan fingerprint density at radius 1 is 0.938 bits per heavy atom. The van der Waals surface area contributed by atoms with Crippen molar-refractivity contribution in [3.8, 4) is 5.75 Å². The van der Waals surface area contributed by atoms with Crippen LogP contribution in [0.2, 0.25) is 0 Å². The van der Waals surface area contributed by atoms with Crippen LogP contribution in [0.5, 0.6) is 5.75 Å². The average Bonchev–Trinajstić information content (AvgIpc) is 2.72. The summed E-state index contributed by atoms with van der Waals surface area (Å²) in [7, 11) is 0. The molecular formula is C25H39NO6. The monoisotopic (exact) mass is 449 g/mol. The Bertz CT molecular complexity index is 759. The highest BCUT2D eigenvalue weighted by Crippen LogP contribution is 2.35. The number of hydrogen-bond acceptors (Lipinski definition) is 5. The molecule has 0 aliphatic carbocycles. The molecule has 7 nitrogen and oxygen atoms in total. The first-order valence-electron chi connectivity index (χ1n) is 12.0. The van der Waals surface area contributed by atoms with E-state index in [1.807, 2.05) is 0 Å². The zero-order valence-electron chi connectivity index (χ0n) is 19.9. The molecule has 1 rings (SSSR count). The van der Waals surface area contributed by atoms with Gasteiger partial charge >= 0.3 is 11.9 Å². The summed E-state index contributed by atoms with van der Waals surface area (Å²) in [6.07, 6.45) is 15.6. The van der Waals surface area contributed by atoms with E-state index < -0.39 is 16.9 Å². The molecule has 0 aliphatic heterocycles. The van der Waals surface area contributed by atoms with Gasteiger partial charge in [0.15, 0.2) is 0 Å². The van der Waals surface area contributed by atoms with E-state index in [1.165, 1.54) is 77.7 Å². The van der Waals surface area contributed by atoms with Gasteiger partial charge in [0.1, 0.15) is 11.3 Å². The number of aromatic carboxylic acids is 1. The van der Waals surface area contributed by atoms with Crippen LogP contribution in [0.15, 0.2) is 6.07 Å². The molecule has 1 aromatic carbocycles. The Hall–Kier alpha value is -2.44. The molecule has 0 atom stereocenters. The molecule has 32 heavy (non-hydrogen) atoms. The van der Waals surface area contributed by atoms with E-state index >= 15 is 0 Å². The largest absolute Gasteiger partial charge is 0.478 e. The van der Waals surface area contributed by atoms with Crippen molar-refractivity contribution in [1.29, 1.82) is 0 Å².